The van der Waals surface area contributed by atoms with Gasteiger partial charge in [-0.3, -0.25) is 4.79 Å². The van der Waals surface area contributed by atoms with Crippen molar-refractivity contribution in [2.45, 2.75) is 20.4 Å². The minimum Gasteiger partial charge on any atom is -0.269 e. The lowest BCUT2D eigenvalue weighted by Crippen LogP contribution is -2.40. The number of nitrogens with zero attached hydrogens (tertiary/aromatic N) is 3. The predicted octanol–water partition coefficient (Wildman–Crippen LogP) is 2.04. The summed E-state index contributed by atoms with van der Waals surface area (Å²) in [4.78, 5) is 28.4. The Bertz CT molecular complexity index is 910. The van der Waals surface area contributed by atoms with Gasteiger partial charge in [-0.25, -0.2) is 18.9 Å². The van der Waals surface area contributed by atoms with Crippen molar-refractivity contribution in [3.8, 4) is 18.2 Å². The Hall–Kier alpha value is -2.46. The zero-order valence-electron chi connectivity index (χ0n) is 11.6. The van der Waals surface area contributed by atoms with Crippen LogP contribution in [0.25, 0.3) is 5.82 Å². The van der Waals surface area contributed by atoms with Gasteiger partial charge in [-0.05, 0) is 25.5 Å². The zero-order chi connectivity index (χ0) is 16.6. The molecule has 2 rings (SSSR count). The number of halogens is 3. The summed E-state index contributed by atoms with van der Waals surface area (Å²) < 4.78 is 26.7. The quantitative estimate of drug-likeness (QED) is 0.794. The van der Waals surface area contributed by atoms with E-state index in [-0.39, 0.29) is 10.4 Å². The molecule has 0 aliphatic heterocycles. The molecule has 8 heteroatoms. The van der Waals surface area contributed by atoms with Gasteiger partial charge >= 0.3 is 12.2 Å². The summed E-state index contributed by atoms with van der Waals surface area (Å²) in [6, 6.07) is 2.28. The van der Waals surface area contributed by atoms with Crippen molar-refractivity contribution in [1.82, 2.24) is 14.1 Å². The number of hydrogen-bond acceptors (Lipinski definition) is 3. The fourth-order valence-corrected chi connectivity index (χ4v) is 2.14. The maximum absolute atomic E-state index is 13.1. The summed E-state index contributed by atoms with van der Waals surface area (Å²) in [5.41, 5.74) is -1.84. The molecule has 0 radical (unpaired) electrons. The van der Waals surface area contributed by atoms with E-state index in [0.29, 0.717) is 20.8 Å². The monoisotopic (exact) mass is 325 g/mol. The molecule has 0 saturated carbocycles. The normalized spacial score (nSPS) is 10.8. The summed E-state index contributed by atoms with van der Waals surface area (Å²) >= 11 is 5.90. The summed E-state index contributed by atoms with van der Waals surface area (Å²) in [5.74, 6) is 1.84. The van der Waals surface area contributed by atoms with Crippen LogP contribution in [0.15, 0.2) is 21.7 Å². The van der Waals surface area contributed by atoms with Crippen LogP contribution >= 0.6 is 11.6 Å². The van der Waals surface area contributed by atoms with Crippen molar-refractivity contribution in [3.63, 3.8) is 0 Å². The van der Waals surface area contributed by atoms with Gasteiger partial charge in [-0.2, -0.15) is 8.78 Å². The van der Waals surface area contributed by atoms with E-state index in [1.165, 1.54) is 6.07 Å². The highest BCUT2D eigenvalue weighted by Gasteiger charge is 2.20. The molecule has 22 heavy (non-hydrogen) atoms. The predicted molar refractivity (Wildman–Crippen MR) is 77.8 cm³/mol. The van der Waals surface area contributed by atoms with Crippen LogP contribution in [-0.2, 0) is 0 Å². The van der Waals surface area contributed by atoms with Crippen LogP contribution in [-0.4, -0.2) is 14.1 Å². The molecular formula is C14H10ClF2N3O2. The average Bonchev–Trinajstić information content (AvgIpc) is 2.42. The van der Waals surface area contributed by atoms with Gasteiger partial charge in [0.15, 0.2) is 0 Å². The lowest BCUT2D eigenvalue weighted by atomic mass is 10.2. The highest BCUT2D eigenvalue weighted by molar-refractivity contribution is 6.31. The maximum atomic E-state index is 13.1. The third kappa shape index (κ3) is 2.53. The largest absolute Gasteiger partial charge is 0.342 e. The van der Waals surface area contributed by atoms with Gasteiger partial charge in [0.1, 0.15) is 11.5 Å². The first-order valence-electron chi connectivity index (χ1n) is 6.05. The average molecular weight is 326 g/mol. The van der Waals surface area contributed by atoms with E-state index in [2.05, 4.69) is 4.98 Å². The molecule has 0 saturated heterocycles. The molecule has 2 aromatic heterocycles. The van der Waals surface area contributed by atoms with Crippen LogP contribution < -0.4 is 11.2 Å². The van der Waals surface area contributed by atoms with Crippen LogP contribution in [0, 0.1) is 26.2 Å². The summed E-state index contributed by atoms with van der Waals surface area (Å²) in [5, 5.41) is 0.337. The lowest BCUT2D eigenvalue weighted by molar-refractivity contribution is 0.0628. The van der Waals surface area contributed by atoms with Crippen molar-refractivity contribution < 1.29 is 8.78 Å². The summed E-state index contributed by atoms with van der Waals surface area (Å²) in [6.07, 6.45) is 5.06. The smallest absolute Gasteiger partial charge is 0.269 e. The number of terminal acetylenes is 1. The Balaban J connectivity index is 2.92. The highest BCUT2D eigenvalue weighted by Crippen LogP contribution is 2.18. The molecule has 114 valence electrons. The molecule has 0 aliphatic rings. The molecule has 0 bridgehead atoms. The molecule has 2 aromatic rings. The zero-order valence-corrected chi connectivity index (χ0v) is 12.4. The van der Waals surface area contributed by atoms with Crippen molar-refractivity contribution in [1.29, 1.82) is 0 Å². The third-order valence-corrected chi connectivity index (χ3v) is 3.39. The van der Waals surface area contributed by atoms with Crippen molar-refractivity contribution in [3.05, 3.63) is 54.9 Å². The minimum atomic E-state index is -3.18. The maximum Gasteiger partial charge on any atom is 0.342 e. The first-order valence-corrected chi connectivity index (χ1v) is 6.43. The Kier molecular flexibility index (Phi) is 4.15. The molecule has 0 N–H and O–H groups in total. The molecule has 0 atom stereocenters. The Labute approximate surface area is 128 Å². The van der Waals surface area contributed by atoms with Crippen LogP contribution in [0.1, 0.15) is 23.5 Å². The molecule has 5 nitrogen and oxygen atoms in total. The fraction of sp³-hybridized carbons (Fsp3) is 0.214. The van der Waals surface area contributed by atoms with Gasteiger partial charge in [-0.15, -0.1) is 6.42 Å². The standard InChI is InChI=1S/C14H10ClF2N3O2/c1-4-9-6-11(21)20(14(22)19(9)13(16)17)12-7(2)5-10(15)8(3)18-12/h1,5-6,13H,2-3H3. The molecule has 2 heterocycles. The second-order valence-electron chi connectivity index (χ2n) is 4.47. The lowest BCUT2D eigenvalue weighted by Gasteiger charge is -2.13. The van der Waals surface area contributed by atoms with E-state index in [1.807, 2.05) is 5.92 Å². The second kappa shape index (κ2) is 5.73. The molecule has 0 aliphatic carbocycles. The number of alkyl halides is 2. The topological polar surface area (TPSA) is 56.9 Å². The second-order valence-corrected chi connectivity index (χ2v) is 4.88. The summed E-state index contributed by atoms with van der Waals surface area (Å²) in [7, 11) is 0. The Morgan fingerprint density at radius 1 is 1.32 bits per heavy atom. The van der Waals surface area contributed by atoms with E-state index < -0.39 is 23.5 Å². The van der Waals surface area contributed by atoms with E-state index in [0.717, 1.165) is 6.07 Å². The Morgan fingerprint density at radius 3 is 2.50 bits per heavy atom. The van der Waals surface area contributed by atoms with Crippen LogP contribution in [0.3, 0.4) is 0 Å². The van der Waals surface area contributed by atoms with Crippen LogP contribution in [0.2, 0.25) is 5.02 Å². The number of hydrogen-bond donors (Lipinski definition) is 0. The number of aromatic nitrogens is 3. The van der Waals surface area contributed by atoms with Gasteiger partial charge in [0, 0.05) is 6.07 Å². The SMILES string of the molecule is C#Cc1cc(=O)n(-c2nc(C)c(Cl)cc2C)c(=O)n1C(F)F. The molecule has 0 unspecified atom stereocenters. The van der Waals surface area contributed by atoms with Gasteiger partial charge < -0.3 is 0 Å². The molecule has 0 amide bonds. The van der Waals surface area contributed by atoms with Crippen LogP contribution in [0.4, 0.5) is 8.78 Å². The molecule has 0 aromatic carbocycles. The first kappa shape index (κ1) is 15.9. The molecule has 0 fully saturated rings. The third-order valence-electron chi connectivity index (χ3n) is 3.01. The van der Waals surface area contributed by atoms with Gasteiger partial charge in [0.25, 0.3) is 5.56 Å². The van der Waals surface area contributed by atoms with E-state index in [4.69, 9.17) is 18.0 Å². The molecule has 0 spiro atoms. The number of aryl methyl sites for hydroxylation is 2. The number of pyridine rings is 1. The van der Waals surface area contributed by atoms with Crippen LogP contribution in [0.5, 0.6) is 0 Å². The van der Waals surface area contributed by atoms with E-state index in [1.54, 1.807) is 13.8 Å². The first-order chi connectivity index (χ1) is 10.3. The number of rotatable bonds is 2. The van der Waals surface area contributed by atoms with E-state index >= 15 is 0 Å². The van der Waals surface area contributed by atoms with Crippen molar-refractivity contribution in [2.24, 2.45) is 0 Å². The van der Waals surface area contributed by atoms with E-state index in [9.17, 15) is 18.4 Å². The van der Waals surface area contributed by atoms with Gasteiger partial charge in [0.2, 0.25) is 0 Å². The summed E-state index contributed by atoms with van der Waals surface area (Å²) in [6.45, 7) is -0.0573. The highest BCUT2D eigenvalue weighted by atomic mass is 35.5. The fourth-order valence-electron chi connectivity index (χ4n) is 1.94. The van der Waals surface area contributed by atoms with Crippen molar-refractivity contribution in [2.75, 3.05) is 0 Å². The van der Waals surface area contributed by atoms with Gasteiger partial charge in [-0.1, -0.05) is 17.5 Å². The van der Waals surface area contributed by atoms with Crippen molar-refractivity contribution >= 4 is 11.6 Å². The molecular weight excluding hydrogens is 316 g/mol. The Morgan fingerprint density at radius 2 is 1.95 bits per heavy atom. The minimum absolute atomic E-state index is 0.0603. The van der Waals surface area contributed by atoms with Gasteiger partial charge in [0.05, 0.1) is 10.7 Å².